The molecule has 47 heavy (non-hydrogen) atoms. The van der Waals surface area contributed by atoms with Gasteiger partial charge in [0.2, 0.25) is 17.2 Å². The summed E-state index contributed by atoms with van der Waals surface area (Å²) in [7, 11) is -9.60. The van der Waals surface area contributed by atoms with Crippen LogP contribution in [0.4, 0.5) is 46.0 Å². The summed E-state index contributed by atoms with van der Waals surface area (Å²) in [5, 5.41) is 29.9. The van der Waals surface area contributed by atoms with Gasteiger partial charge in [-0.1, -0.05) is 11.6 Å². The molecule has 4 aromatic rings. The van der Waals surface area contributed by atoms with E-state index >= 15 is 0 Å². The van der Waals surface area contributed by atoms with Crippen LogP contribution in [-0.2, 0) is 20.2 Å². The van der Waals surface area contributed by atoms with Crippen molar-refractivity contribution in [1.82, 2.24) is 15.0 Å². The van der Waals surface area contributed by atoms with Crippen molar-refractivity contribution in [2.24, 2.45) is 0 Å². The highest BCUT2D eigenvalue weighted by atomic mass is 35.5. The van der Waals surface area contributed by atoms with Crippen LogP contribution in [-0.4, -0.2) is 50.7 Å². The summed E-state index contributed by atoms with van der Waals surface area (Å²) < 4.78 is 68.7. The summed E-state index contributed by atoms with van der Waals surface area (Å²) in [4.78, 5) is 31.9. The molecular weight excluding hydrogens is 707 g/mol. The number of nitro benzene ring substituents is 2. The number of nitro groups is 2. The van der Waals surface area contributed by atoms with Crippen molar-refractivity contribution in [2.45, 2.75) is 37.5 Å². The van der Waals surface area contributed by atoms with E-state index in [1.54, 1.807) is 20.8 Å². The van der Waals surface area contributed by atoms with Crippen LogP contribution in [0.25, 0.3) is 0 Å². The maximum atomic E-state index is 12.3. The molecule has 0 aliphatic heterocycles. The molecule has 0 fully saturated rings. The summed E-state index contributed by atoms with van der Waals surface area (Å²) in [5.41, 5.74) is -0.288. The third-order valence-corrected chi connectivity index (χ3v) is 9.40. The number of nitrogens with one attached hydrogen (secondary N) is 3. The third-order valence-electron chi connectivity index (χ3n) is 6.90. The normalized spacial score (nSPS) is 11.7. The van der Waals surface area contributed by atoms with Gasteiger partial charge in [-0.05, 0) is 85.8 Å². The SMILES string of the molecule is Cc1c(C)c(Nc2nc(Cl)nc(Nc3ccc(Nc4cc(Cl)c([N+](=O)[O-])cc4[N+](=O)[O-])cc3S(=O)(=O)O)n2)c(C)c(S(=O)(=O)O)c1C. The first-order chi connectivity index (χ1) is 21.7. The molecule has 4 rings (SSSR count). The average Bonchev–Trinajstić information content (AvgIpc) is 2.93. The predicted octanol–water partition coefficient (Wildman–Crippen LogP) is 5.95. The molecule has 0 saturated carbocycles. The van der Waals surface area contributed by atoms with Crippen LogP contribution in [0.3, 0.4) is 0 Å². The molecule has 3 aromatic carbocycles. The average molecular weight is 730 g/mol. The Balaban J connectivity index is 1.74. The van der Waals surface area contributed by atoms with Gasteiger partial charge < -0.3 is 16.0 Å². The molecule has 22 heteroatoms. The van der Waals surface area contributed by atoms with Crippen molar-refractivity contribution in [3.63, 3.8) is 0 Å². The van der Waals surface area contributed by atoms with Crippen LogP contribution in [0.15, 0.2) is 40.1 Å². The maximum absolute atomic E-state index is 12.3. The molecule has 0 spiro atoms. The Hall–Kier alpha value is -4.73. The Morgan fingerprint density at radius 2 is 1.30 bits per heavy atom. The van der Waals surface area contributed by atoms with Crippen LogP contribution < -0.4 is 16.0 Å². The molecule has 18 nitrogen and oxygen atoms in total. The van der Waals surface area contributed by atoms with Crippen LogP contribution in [0, 0.1) is 47.9 Å². The lowest BCUT2D eigenvalue weighted by Crippen LogP contribution is -2.12. The van der Waals surface area contributed by atoms with E-state index in [1.165, 1.54) is 13.0 Å². The summed E-state index contributed by atoms with van der Waals surface area (Å²) in [6.45, 7) is 6.35. The molecule has 0 saturated heterocycles. The minimum Gasteiger partial charge on any atom is -0.350 e. The van der Waals surface area contributed by atoms with Crippen molar-refractivity contribution >= 4 is 89.5 Å². The van der Waals surface area contributed by atoms with Gasteiger partial charge in [0.15, 0.2) is 0 Å². The van der Waals surface area contributed by atoms with Gasteiger partial charge in [-0.25, -0.2) is 0 Å². The number of aromatic nitrogens is 3. The number of hydrogen-bond acceptors (Lipinski definition) is 14. The maximum Gasteiger partial charge on any atom is 0.299 e. The van der Waals surface area contributed by atoms with E-state index in [9.17, 15) is 46.2 Å². The molecular formula is C25H22Cl2N8O10S2. The molecule has 0 amide bonds. The molecule has 5 N–H and O–H groups in total. The molecule has 0 unspecified atom stereocenters. The Morgan fingerprint density at radius 1 is 0.702 bits per heavy atom. The topological polar surface area (TPSA) is 270 Å². The van der Waals surface area contributed by atoms with Gasteiger partial charge in [-0.3, -0.25) is 29.3 Å². The van der Waals surface area contributed by atoms with Crippen molar-refractivity contribution in [1.29, 1.82) is 0 Å². The van der Waals surface area contributed by atoms with E-state index in [0.717, 1.165) is 18.2 Å². The minimum absolute atomic E-state index is 0.109. The van der Waals surface area contributed by atoms with Crippen molar-refractivity contribution in [3.05, 3.63) is 83.1 Å². The second-order valence-electron chi connectivity index (χ2n) is 9.83. The molecule has 1 heterocycles. The zero-order valence-electron chi connectivity index (χ0n) is 24.4. The first kappa shape index (κ1) is 35.1. The molecule has 0 bridgehead atoms. The number of halogens is 2. The van der Waals surface area contributed by atoms with Crippen molar-refractivity contribution in [2.75, 3.05) is 16.0 Å². The summed E-state index contributed by atoms with van der Waals surface area (Å²) in [5.74, 6) is -0.540. The van der Waals surface area contributed by atoms with Gasteiger partial charge in [0.1, 0.15) is 20.5 Å². The zero-order chi connectivity index (χ0) is 35.2. The highest BCUT2D eigenvalue weighted by Gasteiger charge is 2.26. The molecule has 0 aliphatic carbocycles. The Morgan fingerprint density at radius 3 is 1.85 bits per heavy atom. The Kier molecular flexibility index (Phi) is 9.58. The molecule has 0 radical (unpaired) electrons. The smallest absolute Gasteiger partial charge is 0.299 e. The second-order valence-corrected chi connectivity index (χ2v) is 13.3. The van der Waals surface area contributed by atoms with Gasteiger partial charge in [0, 0.05) is 11.4 Å². The van der Waals surface area contributed by atoms with Crippen LogP contribution in [0.5, 0.6) is 0 Å². The standard InChI is InChI=1S/C25H22Cl2N8O10S2/c1-10-11(2)21(13(4)22(12(10)3)47(43,44)45)30-25-32-23(27)31-24(33-25)29-16-6-5-14(7-20(16)46(40,41)42)28-17-8-15(26)18(34(36)37)9-19(17)35(38)39/h5-9,28H,1-4H3,(H,40,41,42)(H,43,44,45)(H2,29,30,31,32,33). The Bertz CT molecular complexity index is 2220. The fraction of sp³-hybridized carbons (Fsp3) is 0.160. The third kappa shape index (κ3) is 7.48. The molecule has 1 aromatic heterocycles. The molecule has 0 aliphatic rings. The van der Waals surface area contributed by atoms with E-state index in [2.05, 4.69) is 30.9 Å². The van der Waals surface area contributed by atoms with Crippen LogP contribution in [0.2, 0.25) is 10.3 Å². The molecule has 0 atom stereocenters. The Labute approximate surface area is 276 Å². The number of rotatable bonds is 10. The number of benzene rings is 3. The number of hydrogen-bond donors (Lipinski definition) is 5. The van der Waals surface area contributed by atoms with Crippen molar-refractivity contribution in [3.8, 4) is 0 Å². The number of nitrogens with zero attached hydrogens (tertiary/aromatic N) is 5. The molecule has 248 valence electrons. The van der Waals surface area contributed by atoms with Crippen LogP contribution in [0.1, 0.15) is 22.3 Å². The zero-order valence-corrected chi connectivity index (χ0v) is 27.5. The lowest BCUT2D eigenvalue weighted by atomic mass is 9.98. The highest BCUT2D eigenvalue weighted by molar-refractivity contribution is 7.86. The fourth-order valence-corrected chi connectivity index (χ4v) is 6.69. The monoisotopic (exact) mass is 728 g/mol. The van der Waals surface area contributed by atoms with E-state index in [4.69, 9.17) is 23.2 Å². The summed E-state index contributed by atoms with van der Waals surface area (Å²) >= 11 is 12.0. The lowest BCUT2D eigenvalue weighted by molar-refractivity contribution is -0.393. The van der Waals surface area contributed by atoms with Gasteiger partial charge in [-0.15, -0.1) is 0 Å². The summed E-state index contributed by atoms with van der Waals surface area (Å²) in [6.07, 6.45) is 0. The minimum atomic E-state index is -4.98. The predicted molar refractivity (Wildman–Crippen MR) is 171 cm³/mol. The summed E-state index contributed by atoms with van der Waals surface area (Å²) in [6, 6.07) is 4.83. The first-order valence-corrected chi connectivity index (χ1v) is 16.4. The van der Waals surface area contributed by atoms with Crippen molar-refractivity contribution < 1.29 is 35.8 Å². The van der Waals surface area contributed by atoms with Gasteiger partial charge in [-0.2, -0.15) is 31.8 Å². The fourth-order valence-electron chi connectivity index (χ4n) is 4.60. The van der Waals surface area contributed by atoms with E-state index in [1.807, 2.05) is 0 Å². The highest BCUT2D eigenvalue weighted by Crippen LogP contribution is 2.39. The van der Waals surface area contributed by atoms with E-state index in [-0.39, 0.29) is 50.4 Å². The number of anilines is 6. The first-order valence-electron chi connectivity index (χ1n) is 12.7. The van der Waals surface area contributed by atoms with E-state index in [0.29, 0.717) is 22.8 Å². The lowest BCUT2D eigenvalue weighted by Gasteiger charge is -2.19. The van der Waals surface area contributed by atoms with Gasteiger partial charge >= 0.3 is 0 Å². The van der Waals surface area contributed by atoms with E-state index < -0.39 is 51.4 Å². The largest absolute Gasteiger partial charge is 0.350 e. The second kappa shape index (κ2) is 12.8. The quantitative estimate of drug-likeness (QED) is 0.0716. The van der Waals surface area contributed by atoms with Gasteiger partial charge in [0.05, 0.1) is 21.6 Å². The van der Waals surface area contributed by atoms with Crippen LogP contribution >= 0.6 is 23.2 Å². The van der Waals surface area contributed by atoms with Gasteiger partial charge in [0.25, 0.3) is 31.6 Å².